The van der Waals surface area contributed by atoms with Crippen LogP contribution in [-0.4, -0.2) is 62.8 Å². The van der Waals surface area contributed by atoms with Crippen molar-refractivity contribution in [2.45, 2.75) is 127 Å². The Labute approximate surface area is 248 Å². The summed E-state index contributed by atoms with van der Waals surface area (Å²) in [6, 6.07) is 20.5. The number of hydrogen-bond acceptors (Lipinski definition) is 6. The number of benzene rings is 2. The summed E-state index contributed by atoms with van der Waals surface area (Å²) in [5.41, 5.74) is 1.81. The van der Waals surface area contributed by atoms with Gasteiger partial charge in [0.25, 0.3) is 0 Å². The molecule has 2 heterocycles. The van der Waals surface area contributed by atoms with Crippen molar-refractivity contribution >= 4 is 8.32 Å². The molecule has 0 unspecified atom stereocenters. The van der Waals surface area contributed by atoms with E-state index in [4.69, 9.17) is 23.4 Å². The van der Waals surface area contributed by atoms with E-state index in [0.29, 0.717) is 26.2 Å². The molecular weight excluding hydrogens is 532 g/mol. The second kappa shape index (κ2) is 14.3. The monoisotopic (exact) mass is 584 g/mol. The summed E-state index contributed by atoms with van der Waals surface area (Å²) in [5, 5.41) is 10.1. The average Bonchev–Trinajstić information content (AvgIpc) is 3.16. The van der Waals surface area contributed by atoms with Crippen LogP contribution in [0.5, 0.6) is 0 Å². The SMILES string of the molecule is CC(C)(C)[Si](C)(C)O[C@@]1(C)CC[C@H]2O[C@@H](COCc3ccccc3)[C@H](OCc3ccccc3)CC[C@@H]2O[C@@H]1CCO. The molecule has 4 rings (SSSR count). The molecule has 0 radical (unpaired) electrons. The third-order valence-electron chi connectivity index (χ3n) is 9.25. The molecule has 6 nitrogen and oxygen atoms in total. The molecule has 228 valence electrons. The molecule has 0 spiro atoms. The number of hydrogen-bond donors (Lipinski definition) is 1. The zero-order valence-electron chi connectivity index (χ0n) is 26.0. The molecule has 0 bridgehead atoms. The molecule has 0 amide bonds. The van der Waals surface area contributed by atoms with Crippen LogP contribution in [-0.2, 0) is 36.6 Å². The highest BCUT2D eigenvalue weighted by Gasteiger charge is 2.50. The summed E-state index contributed by atoms with van der Waals surface area (Å²) in [4.78, 5) is 0. The average molecular weight is 585 g/mol. The number of aliphatic hydroxyl groups excluding tert-OH is 1. The Morgan fingerprint density at radius 2 is 1.49 bits per heavy atom. The highest BCUT2D eigenvalue weighted by atomic mass is 28.4. The number of fused-ring (bicyclic) bond motifs is 1. The molecule has 0 aromatic heterocycles. The molecule has 6 atom stereocenters. The first-order chi connectivity index (χ1) is 19.5. The molecule has 2 aromatic carbocycles. The third kappa shape index (κ3) is 8.72. The van der Waals surface area contributed by atoms with Gasteiger partial charge in [0.15, 0.2) is 8.32 Å². The van der Waals surface area contributed by atoms with Gasteiger partial charge in [-0.1, -0.05) is 81.4 Å². The van der Waals surface area contributed by atoms with Crippen molar-refractivity contribution < 1.29 is 28.5 Å². The zero-order valence-corrected chi connectivity index (χ0v) is 27.0. The molecule has 2 fully saturated rings. The zero-order chi connectivity index (χ0) is 29.5. The Morgan fingerprint density at radius 1 is 0.878 bits per heavy atom. The second-order valence-corrected chi connectivity index (χ2v) is 18.2. The van der Waals surface area contributed by atoms with Crippen molar-refractivity contribution in [2.75, 3.05) is 13.2 Å². The molecule has 2 saturated heterocycles. The van der Waals surface area contributed by atoms with Crippen molar-refractivity contribution in [1.29, 1.82) is 0 Å². The Morgan fingerprint density at radius 3 is 2.10 bits per heavy atom. The summed E-state index contributed by atoms with van der Waals surface area (Å²) in [7, 11) is -2.08. The maximum Gasteiger partial charge on any atom is 0.192 e. The minimum Gasteiger partial charge on any atom is -0.409 e. The summed E-state index contributed by atoms with van der Waals surface area (Å²) in [6.07, 6.45) is 3.17. The van der Waals surface area contributed by atoms with E-state index in [1.165, 1.54) is 0 Å². The van der Waals surface area contributed by atoms with E-state index in [9.17, 15) is 5.11 Å². The van der Waals surface area contributed by atoms with Gasteiger partial charge in [-0.05, 0) is 68.3 Å². The molecule has 41 heavy (non-hydrogen) atoms. The van der Waals surface area contributed by atoms with E-state index >= 15 is 0 Å². The lowest BCUT2D eigenvalue weighted by Crippen LogP contribution is -2.54. The van der Waals surface area contributed by atoms with Crippen LogP contribution >= 0.6 is 0 Å². The van der Waals surface area contributed by atoms with Gasteiger partial charge in [-0.25, -0.2) is 0 Å². The van der Waals surface area contributed by atoms with E-state index in [-0.39, 0.29) is 42.2 Å². The number of rotatable bonds is 11. The fourth-order valence-electron chi connectivity index (χ4n) is 5.78. The fourth-order valence-corrected chi connectivity index (χ4v) is 7.49. The van der Waals surface area contributed by atoms with Crippen molar-refractivity contribution in [1.82, 2.24) is 0 Å². The van der Waals surface area contributed by atoms with Gasteiger partial charge in [-0.3, -0.25) is 0 Å². The van der Waals surface area contributed by atoms with Crippen LogP contribution in [0.3, 0.4) is 0 Å². The van der Waals surface area contributed by atoms with Crippen LogP contribution in [0.4, 0.5) is 0 Å². The smallest absolute Gasteiger partial charge is 0.192 e. The first-order valence-corrected chi connectivity index (χ1v) is 18.3. The largest absolute Gasteiger partial charge is 0.409 e. The molecular formula is C34H52O6Si. The van der Waals surface area contributed by atoms with E-state index in [2.05, 4.69) is 65.1 Å². The van der Waals surface area contributed by atoms with Crippen molar-refractivity contribution in [3.8, 4) is 0 Å². The highest BCUT2D eigenvalue weighted by Crippen LogP contribution is 2.44. The lowest BCUT2D eigenvalue weighted by Gasteiger charge is -2.47. The van der Waals surface area contributed by atoms with E-state index in [1.54, 1.807) is 0 Å². The first kappa shape index (κ1) is 32.3. The highest BCUT2D eigenvalue weighted by molar-refractivity contribution is 6.74. The van der Waals surface area contributed by atoms with E-state index in [0.717, 1.165) is 36.8 Å². The van der Waals surface area contributed by atoms with Gasteiger partial charge in [0.2, 0.25) is 0 Å². The maximum absolute atomic E-state index is 10.0. The van der Waals surface area contributed by atoms with Crippen LogP contribution in [0.25, 0.3) is 0 Å². The summed E-state index contributed by atoms with van der Waals surface area (Å²) < 4.78 is 33.5. The van der Waals surface area contributed by atoms with Crippen LogP contribution in [0.1, 0.15) is 70.9 Å². The molecule has 0 saturated carbocycles. The first-order valence-electron chi connectivity index (χ1n) is 15.4. The predicted molar refractivity (Wildman–Crippen MR) is 165 cm³/mol. The van der Waals surface area contributed by atoms with Gasteiger partial charge in [0.1, 0.15) is 6.10 Å². The van der Waals surface area contributed by atoms with Gasteiger partial charge < -0.3 is 28.5 Å². The summed E-state index contributed by atoms with van der Waals surface area (Å²) in [6.45, 7) is 15.2. The molecule has 0 aliphatic carbocycles. The van der Waals surface area contributed by atoms with Gasteiger partial charge in [-0.2, -0.15) is 0 Å². The van der Waals surface area contributed by atoms with Crippen LogP contribution < -0.4 is 0 Å². The molecule has 2 aromatic rings. The van der Waals surface area contributed by atoms with Gasteiger partial charge in [-0.15, -0.1) is 0 Å². The van der Waals surface area contributed by atoms with Crippen LogP contribution in [0.15, 0.2) is 60.7 Å². The fraction of sp³-hybridized carbons (Fsp3) is 0.647. The van der Waals surface area contributed by atoms with Gasteiger partial charge in [0, 0.05) is 6.61 Å². The Kier molecular flexibility index (Phi) is 11.2. The minimum atomic E-state index is -2.08. The number of ether oxygens (including phenoxy) is 4. The molecule has 7 heteroatoms. The van der Waals surface area contributed by atoms with E-state index in [1.807, 2.05) is 36.4 Å². The lowest BCUT2D eigenvalue weighted by atomic mass is 9.91. The van der Waals surface area contributed by atoms with Crippen molar-refractivity contribution in [3.05, 3.63) is 71.8 Å². The normalized spacial score (nSPS) is 29.4. The quantitative estimate of drug-likeness (QED) is 0.286. The molecule has 1 N–H and O–H groups in total. The Balaban J connectivity index is 1.50. The van der Waals surface area contributed by atoms with Crippen LogP contribution in [0, 0.1) is 0 Å². The molecule has 2 aliphatic heterocycles. The predicted octanol–water partition coefficient (Wildman–Crippen LogP) is 7.05. The van der Waals surface area contributed by atoms with Gasteiger partial charge >= 0.3 is 0 Å². The Hall–Kier alpha value is -1.58. The summed E-state index contributed by atoms with van der Waals surface area (Å²) >= 11 is 0. The Bertz CT molecular complexity index is 1040. The van der Waals surface area contributed by atoms with Crippen molar-refractivity contribution in [3.63, 3.8) is 0 Å². The second-order valence-electron chi connectivity index (χ2n) is 13.5. The van der Waals surface area contributed by atoms with Gasteiger partial charge in [0.05, 0.1) is 49.8 Å². The third-order valence-corrected chi connectivity index (χ3v) is 13.8. The van der Waals surface area contributed by atoms with E-state index < -0.39 is 13.9 Å². The molecule has 2 aliphatic rings. The minimum absolute atomic E-state index is 0.0676. The number of aliphatic hydroxyl groups is 1. The lowest BCUT2D eigenvalue weighted by molar-refractivity contribution is -0.159. The summed E-state index contributed by atoms with van der Waals surface area (Å²) in [5.74, 6) is 0. The van der Waals surface area contributed by atoms with Crippen molar-refractivity contribution in [2.24, 2.45) is 0 Å². The van der Waals surface area contributed by atoms with Crippen LogP contribution in [0.2, 0.25) is 18.1 Å². The topological polar surface area (TPSA) is 66.4 Å². The maximum atomic E-state index is 10.0. The standard InChI is InChI=1S/C34H52O6Si/c1-33(2,3)41(5,6)40-34(4)21-19-30-29(39-32(34)20-22-35)18-17-28(37-24-27-15-11-8-12-16-27)31(38-30)25-36-23-26-13-9-7-10-14-26/h7-16,28-32,35H,17-25H2,1-6H3/t28-,29+,30-,31+,32-,34+/m1/s1.